The summed E-state index contributed by atoms with van der Waals surface area (Å²) in [4.78, 5) is 29.6. The van der Waals surface area contributed by atoms with Crippen molar-refractivity contribution in [3.63, 3.8) is 0 Å². The van der Waals surface area contributed by atoms with Crippen molar-refractivity contribution in [2.24, 2.45) is 0 Å². The predicted octanol–water partition coefficient (Wildman–Crippen LogP) is 5.03. The number of ether oxygens (including phenoxy) is 1. The highest BCUT2D eigenvalue weighted by molar-refractivity contribution is 6.33. The van der Waals surface area contributed by atoms with Crippen LogP contribution in [-0.4, -0.2) is 23.5 Å². The van der Waals surface area contributed by atoms with Crippen LogP contribution in [0.1, 0.15) is 15.9 Å². The largest absolute Gasteiger partial charge is 0.452 e. The summed E-state index contributed by atoms with van der Waals surface area (Å²) in [6, 6.07) is 25.7. The summed E-state index contributed by atoms with van der Waals surface area (Å²) in [6.07, 6.45) is 0. The van der Waals surface area contributed by atoms with Gasteiger partial charge >= 0.3 is 5.97 Å². The van der Waals surface area contributed by atoms with Crippen LogP contribution in [-0.2, 0) is 16.1 Å². The van der Waals surface area contributed by atoms with Crippen molar-refractivity contribution >= 4 is 34.4 Å². The van der Waals surface area contributed by atoms with Crippen LogP contribution in [0.5, 0.6) is 0 Å². The molecule has 154 valence electrons. The van der Waals surface area contributed by atoms with Crippen molar-refractivity contribution in [2.75, 3.05) is 6.61 Å². The number of aromatic nitrogens is 1. The van der Waals surface area contributed by atoms with Crippen LogP contribution in [0.3, 0.4) is 0 Å². The first-order valence-electron chi connectivity index (χ1n) is 9.74. The first-order valence-corrected chi connectivity index (χ1v) is 10.1. The minimum Gasteiger partial charge on any atom is -0.452 e. The molecule has 0 saturated carbocycles. The number of fused-ring (bicyclic) bond motifs is 1. The van der Waals surface area contributed by atoms with Gasteiger partial charge in [-0.05, 0) is 23.8 Å². The molecule has 5 nitrogen and oxygen atoms in total. The summed E-state index contributed by atoms with van der Waals surface area (Å²) >= 11 is 6.32. The van der Waals surface area contributed by atoms with Gasteiger partial charge in [0, 0.05) is 22.5 Å². The van der Waals surface area contributed by atoms with E-state index in [1.54, 1.807) is 18.2 Å². The Labute approximate surface area is 184 Å². The lowest BCUT2D eigenvalue weighted by Gasteiger charge is -2.11. The molecule has 1 N–H and O–H groups in total. The van der Waals surface area contributed by atoms with Gasteiger partial charge in [0.2, 0.25) is 0 Å². The van der Waals surface area contributed by atoms with Gasteiger partial charge in [-0.15, -0.1) is 0 Å². The fourth-order valence-corrected chi connectivity index (χ4v) is 3.44. The quantitative estimate of drug-likeness (QED) is 0.436. The molecule has 0 aliphatic rings. The molecule has 6 heteroatoms. The van der Waals surface area contributed by atoms with Gasteiger partial charge < -0.3 is 10.1 Å². The van der Waals surface area contributed by atoms with Crippen molar-refractivity contribution in [1.82, 2.24) is 10.3 Å². The van der Waals surface area contributed by atoms with Crippen LogP contribution >= 0.6 is 11.6 Å². The van der Waals surface area contributed by atoms with Crippen molar-refractivity contribution in [3.05, 3.63) is 101 Å². The number of nitrogens with zero attached hydrogens (tertiary/aromatic N) is 1. The van der Waals surface area contributed by atoms with Gasteiger partial charge in [-0.3, -0.25) is 4.79 Å². The maximum absolute atomic E-state index is 12.8. The summed E-state index contributed by atoms with van der Waals surface area (Å²) in [5.41, 5.74) is 3.21. The Morgan fingerprint density at radius 1 is 0.903 bits per heavy atom. The van der Waals surface area contributed by atoms with Crippen molar-refractivity contribution < 1.29 is 14.3 Å². The van der Waals surface area contributed by atoms with E-state index in [-0.39, 0.29) is 12.5 Å². The molecule has 0 radical (unpaired) electrons. The van der Waals surface area contributed by atoms with E-state index in [1.165, 1.54) is 0 Å². The fourth-order valence-electron chi connectivity index (χ4n) is 3.21. The molecule has 1 heterocycles. The molecule has 3 aromatic carbocycles. The number of halogens is 1. The minimum atomic E-state index is -0.596. The van der Waals surface area contributed by atoms with Gasteiger partial charge in [0.05, 0.1) is 16.8 Å². The van der Waals surface area contributed by atoms with Crippen molar-refractivity contribution in [2.45, 2.75) is 6.54 Å². The Bertz CT molecular complexity index is 1240. The highest BCUT2D eigenvalue weighted by Crippen LogP contribution is 2.30. The van der Waals surface area contributed by atoms with Crippen LogP contribution < -0.4 is 5.32 Å². The van der Waals surface area contributed by atoms with E-state index >= 15 is 0 Å². The molecule has 1 amide bonds. The Kier molecular flexibility index (Phi) is 6.24. The van der Waals surface area contributed by atoms with Gasteiger partial charge in [-0.25, -0.2) is 9.78 Å². The van der Waals surface area contributed by atoms with Gasteiger partial charge in [-0.2, -0.15) is 0 Å². The number of pyridine rings is 1. The lowest BCUT2D eigenvalue weighted by Crippen LogP contribution is -2.28. The van der Waals surface area contributed by atoms with E-state index in [1.807, 2.05) is 66.7 Å². The lowest BCUT2D eigenvalue weighted by atomic mass is 10.0. The molecule has 0 bridgehead atoms. The SMILES string of the molecule is O=C(COC(=O)c1cc(-c2ccccc2Cl)nc2ccccc12)NCc1ccccc1. The number of esters is 1. The standard InChI is InChI=1S/C25H19ClN2O3/c26-21-12-6-4-11-19(21)23-14-20(18-10-5-7-13-22(18)28-23)25(30)31-16-24(29)27-15-17-8-2-1-3-9-17/h1-14H,15-16H2,(H,27,29). The first kappa shape index (κ1) is 20.6. The van der Waals surface area contributed by atoms with Crippen molar-refractivity contribution in [1.29, 1.82) is 0 Å². The van der Waals surface area contributed by atoms with Gasteiger partial charge in [-0.1, -0.05) is 78.3 Å². The number of hydrogen-bond donors (Lipinski definition) is 1. The van der Waals surface area contributed by atoms with Crippen LogP contribution in [0.2, 0.25) is 5.02 Å². The highest BCUT2D eigenvalue weighted by Gasteiger charge is 2.17. The maximum atomic E-state index is 12.8. The third-order valence-corrected chi connectivity index (χ3v) is 5.08. The Morgan fingerprint density at radius 3 is 2.42 bits per heavy atom. The average Bonchev–Trinajstić information content (AvgIpc) is 2.81. The number of para-hydroxylation sites is 1. The van der Waals surface area contributed by atoms with Crippen LogP contribution in [0, 0.1) is 0 Å². The number of amides is 1. The molecule has 0 aliphatic heterocycles. The van der Waals surface area contributed by atoms with E-state index in [2.05, 4.69) is 10.3 Å². The molecule has 0 fully saturated rings. The van der Waals surface area contributed by atoms with Gasteiger partial charge in [0.1, 0.15) is 0 Å². The number of carbonyl (C=O) groups excluding carboxylic acids is 2. The zero-order valence-corrected chi connectivity index (χ0v) is 17.3. The number of nitrogens with one attached hydrogen (secondary N) is 1. The number of carbonyl (C=O) groups is 2. The smallest absolute Gasteiger partial charge is 0.339 e. The molecule has 0 aliphatic carbocycles. The summed E-state index contributed by atoms with van der Waals surface area (Å²) in [5, 5.41) is 3.92. The third kappa shape index (κ3) is 4.90. The zero-order chi connectivity index (χ0) is 21.6. The normalized spacial score (nSPS) is 10.6. The van der Waals surface area contributed by atoms with Crippen LogP contribution in [0.25, 0.3) is 22.2 Å². The number of benzene rings is 3. The van der Waals surface area contributed by atoms with E-state index in [0.717, 1.165) is 5.56 Å². The Balaban J connectivity index is 1.53. The summed E-state index contributed by atoms with van der Waals surface area (Å²) in [7, 11) is 0. The van der Waals surface area contributed by atoms with Crippen LogP contribution in [0.15, 0.2) is 84.9 Å². The molecule has 0 atom stereocenters. The average molecular weight is 431 g/mol. The topological polar surface area (TPSA) is 68.3 Å². The lowest BCUT2D eigenvalue weighted by molar-refractivity contribution is -0.124. The maximum Gasteiger partial charge on any atom is 0.339 e. The minimum absolute atomic E-state index is 0.330. The zero-order valence-electron chi connectivity index (χ0n) is 16.5. The Morgan fingerprint density at radius 2 is 1.61 bits per heavy atom. The molecule has 0 saturated heterocycles. The second-order valence-electron chi connectivity index (χ2n) is 6.89. The second kappa shape index (κ2) is 9.41. The highest BCUT2D eigenvalue weighted by atomic mass is 35.5. The molecule has 0 unspecified atom stereocenters. The van der Waals surface area contributed by atoms with E-state index in [4.69, 9.17) is 16.3 Å². The molecular formula is C25H19ClN2O3. The summed E-state index contributed by atoms with van der Waals surface area (Å²) < 4.78 is 5.30. The van der Waals surface area contributed by atoms with Gasteiger partial charge in [0.15, 0.2) is 6.61 Å². The fraction of sp³-hybridized carbons (Fsp3) is 0.0800. The van der Waals surface area contributed by atoms with E-state index < -0.39 is 5.97 Å². The first-order chi connectivity index (χ1) is 15.1. The number of rotatable bonds is 6. The molecule has 0 spiro atoms. The van der Waals surface area contributed by atoms with E-state index in [9.17, 15) is 9.59 Å². The number of hydrogen-bond acceptors (Lipinski definition) is 4. The molecule has 4 aromatic rings. The third-order valence-electron chi connectivity index (χ3n) is 4.75. The van der Waals surface area contributed by atoms with Gasteiger partial charge in [0.25, 0.3) is 5.91 Å². The van der Waals surface area contributed by atoms with E-state index in [0.29, 0.717) is 39.3 Å². The second-order valence-corrected chi connectivity index (χ2v) is 7.30. The Hall–Kier alpha value is -3.70. The van der Waals surface area contributed by atoms with Crippen LogP contribution in [0.4, 0.5) is 0 Å². The predicted molar refractivity (Wildman–Crippen MR) is 121 cm³/mol. The molecule has 31 heavy (non-hydrogen) atoms. The van der Waals surface area contributed by atoms with Crippen molar-refractivity contribution in [3.8, 4) is 11.3 Å². The summed E-state index contributed by atoms with van der Waals surface area (Å²) in [6.45, 7) is -0.00416. The molecule has 1 aromatic heterocycles. The molecular weight excluding hydrogens is 412 g/mol. The molecule has 4 rings (SSSR count). The monoisotopic (exact) mass is 430 g/mol. The summed E-state index contributed by atoms with van der Waals surface area (Å²) in [5.74, 6) is -0.969.